The van der Waals surface area contributed by atoms with Crippen LogP contribution in [0.15, 0.2) is 36.4 Å². The number of benzene rings is 2. The molecule has 3 aliphatic carbocycles. The van der Waals surface area contributed by atoms with Crippen LogP contribution in [0.1, 0.15) is 117 Å². The van der Waals surface area contributed by atoms with Crippen molar-refractivity contribution in [3.63, 3.8) is 0 Å². The zero-order valence-corrected chi connectivity index (χ0v) is 25.3. The minimum atomic E-state index is -0.287. The number of fused-ring (bicyclic) bond motifs is 5. The van der Waals surface area contributed by atoms with Crippen molar-refractivity contribution in [2.45, 2.75) is 103 Å². The SMILES string of the molecule is CCCCCCN(CCCC[C@@H]1Cc2cc(O)cc(F)c2C2CC[C@@]3(C)C(CC[C@@H]3O)C21)C(=O)c1ccc(C#N)cc1. The summed E-state index contributed by atoms with van der Waals surface area (Å²) in [6, 6.07) is 12.1. The molecule has 0 radical (unpaired) electrons. The number of nitriles is 1. The molecule has 2 aromatic carbocycles. The van der Waals surface area contributed by atoms with Gasteiger partial charge in [-0.05, 0) is 122 Å². The molecule has 0 heterocycles. The highest BCUT2D eigenvalue weighted by Crippen LogP contribution is 2.63. The van der Waals surface area contributed by atoms with Gasteiger partial charge in [0.2, 0.25) is 0 Å². The van der Waals surface area contributed by atoms with Crippen molar-refractivity contribution >= 4 is 5.91 Å². The summed E-state index contributed by atoms with van der Waals surface area (Å²) in [5, 5.41) is 30.3. The smallest absolute Gasteiger partial charge is 0.253 e. The van der Waals surface area contributed by atoms with E-state index in [2.05, 4.69) is 19.9 Å². The molecule has 5 nitrogen and oxygen atoms in total. The molecule has 0 bridgehead atoms. The molecule has 0 saturated heterocycles. The summed E-state index contributed by atoms with van der Waals surface area (Å²) in [5.74, 6) is 0.961. The number of amides is 1. The number of phenols is 1. The molecule has 3 aliphatic rings. The number of aromatic hydroxyl groups is 1. The number of aliphatic hydroxyl groups is 1. The van der Waals surface area contributed by atoms with Gasteiger partial charge in [0.1, 0.15) is 11.6 Å². The number of hydrogen-bond donors (Lipinski definition) is 2. The van der Waals surface area contributed by atoms with Gasteiger partial charge < -0.3 is 15.1 Å². The lowest BCUT2D eigenvalue weighted by Crippen LogP contribution is -2.47. The van der Waals surface area contributed by atoms with Crippen LogP contribution in [0.3, 0.4) is 0 Å². The van der Waals surface area contributed by atoms with Crippen LogP contribution in [-0.4, -0.2) is 40.2 Å². The molecule has 2 aromatic rings. The molecule has 3 unspecified atom stereocenters. The van der Waals surface area contributed by atoms with E-state index in [1.54, 1.807) is 30.3 Å². The monoisotopic (exact) mass is 574 g/mol. The van der Waals surface area contributed by atoms with Crippen LogP contribution in [-0.2, 0) is 6.42 Å². The van der Waals surface area contributed by atoms with Gasteiger partial charge in [0.25, 0.3) is 5.91 Å². The molecule has 0 aliphatic heterocycles. The fraction of sp³-hybridized carbons (Fsp3) is 0.611. The number of phenolic OH excluding ortho intramolecular Hbond substituents is 1. The second-order valence-electron chi connectivity index (χ2n) is 13.4. The first-order chi connectivity index (χ1) is 20.3. The summed E-state index contributed by atoms with van der Waals surface area (Å²) >= 11 is 0. The summed E-state index contributed by atoms with van der Waals surface area (Å²) in [6.45, 7) is 5.86. The molecule has 1 amide bonds. The lowest BCUT2D eigenvalue weighted by molar-refractivity contribution is -0.0402. The van der Waals surface area contributed by atoms with E-state index in [4.69, 9.17) is 5.26 Å². The van der Waals surface area contributed by atoms with E-state index < -0.39 is 0 Å². The molecule has 2 fully saturated rings. The fourth-order valence-corrected chi connectivity index (χ4v) is 8.74. The maximum absolute atomic E-state index is 15.3. The van der Waals surface area contributed by atoms with Gasteiger partial charge in [-0.3, -0.25) is 4.79 Å². The van der Waals surface area contributed by atoms with Gasteiger partial charge in [-0.15, -0.1) is 0 Å². The predicted octanol–water partition coefficient (Wildman–Crippen LogP) is 7.74. The largest absolute Gasteiger partial charge is 0.508 e. The molecule has 226 valence electrons. The Morgan fingerprint density at radius 1 is 1.07 bits per heavy atom. The first kappa shape index (κ1) is 30.5. The van der Waals surface area contributed by atoms with Crippen LogP contribution in [0.2, 0.25) is 0 Å². The van der Waals surface area contributed by atoms with Crippen molar-refractivity contribution < 1.29 is 19.4 Å². The molecule has 2 saturated carbocycles. The van der Waals surface area contributed by atoms with Crippen LogP contribution in [0.25, 0.3) is 0 Å². The average molecular weight is 575 g/mol. The summed E-state index contributed by atoms with van der Waals surface area (Å²) in [6.07, 6.45) is 11.4. The predicted molar refractivity (Wildman–Crippen MR) is 163 cm³/mol. The van der Waals surface area contributed by atoms with Gasteiger partial charge in [0, 0.05) is 24.7 Å². The maximum Gasteiger partial charge on any atom is 0.253 e. The minimum Gasteiger partial charge on any atom is -0.508 e. The van der Waals surface area contributed by atoms with E-state index in [-0.39, 0.29) is 34.9 Å². The third-order valence-corrected chi connectivity index (χ3v) is 11.0. The Morgan fingerprint density at radius 2 is 1.81 bits per heavy atom. The molecule has 0 aromatic heterocycles. The van der Waals surface area contributed by atoms with E-state index in [1.165, 1.54) is 6.07 Å². The Morgan fingerprint density at radius 3 is 2.52 bits per heavy atom. The second kappa shape index (κ2) is 13.2. The molecule has 2 N–H and O–H groups in total. The molecule has 6 heteroatoms. The van der Waals surface area contributed by atoms with Gasteiger partial charge >= 0.3 is 0 Å². The number of halogens is 1. The van der Waals surface area contributed by atoms with Crippen molar-refractivity contribution in [3.05, 3.63) is 64.5 Å². The summed E-state index contributed by atoms with van der Waals surface area (Å²) in [7, 11) is 0. The number of unbranched alkanes of at least 4 members (excludes halogenated alkanes) is 4. The van der Waals surface area contributed by atoms with Crippen LogP contribution in [0.4, 0.5) is 4.39 Å². The summed E-state index contributed by atoms with van der Waals surface area (Å²) < 4.78 is 15.3. The Hall–Kier alpha value is -2.91. The number of nitrogens with zero attached hydrogens (tertiary/aromatic N) is 2. The summed E-state index contributed by atoms with van der Waals surface area (Å²) in [4.78, 5) is 15.4. The lowest BCUT2D eigenvalue weighted by atomic mass is 9.52. The average Bonchev–Trinajstić information content (AvgIpc) is 3.29. The van der Waals surface area contributed by atoms with E-state index in [9.17, 15) is 15.0 Å². The van der Waals surface area contributed by atoms with Gasteiger partial charge in [0.15, 0.2) is 0 Å². The normalized spacial score (nSPS) is 27.9. The van der Waals surface area contributed by atoms with Gasteiger partial charge in [-0.25, -0.2) is 4.39 Å². The Kier molecular flexibility index (Phi) is 9.57. The van der Waals surface area contributed by atoms with Crippen molar-refractivity contribution in [2.75, 3.05) is 13.1 Å². The molecule has 5 rings (SSSR count). The van der Waals surface area contributed by atoms with Crippen molar-refractivity contribution in [2.24, 2.45) is 23.2 Å². The number of aliphatic hydroxyl groups excluding tert-OH is 1. The Balaban J connectivity index is 1.29. The zero-order chi connectivity index (χ0) is 29.9. The molecular formula is C36H47FN2O3. The first-order valence-electron chi connectivity index (χ1n) is 16.3. The van der Waals surface area contributed by atoms with E-state index in [0.717, 1.165) is 94.7 Å². The van der Waals surface area contributed by atoms with Gasteiger partial charge in [-0.1, -0.05) is 39.5 Å². The van der Waals surface area contributed by atoms with Crippen LogP contribution < -0.4 is 0 Å². The number of carbonyl (C=O) groups is 1. The Bertz CT molecular complexity index is 1290. The van der Waals surface area contributed by atoms with Crippen molar-refractivity contribution in [1.82, 2.24) is 4.90 Å². The zero-order valence-electron chi connectivity index (χ0n) is 25.3. The standard InChI is InChI=1S/C36H47FN2O3/c1-3-4-5-7-18-39(35(42)25-12-10-24(23-38)11-13-25)19-8-6-9-26-20-27-21-28(40)22-31(37)34(27)29-16-17-36(2)30(33(26)29)14-15-32(36)41/h10-13,21-22,26,29-30,32-33,40-41H,3-9,14-20H2,1-2H3/t26-,29?,30?,32+,33?,36+/m1/s1. The number of rotatable bonds is 11. The number of hydrogen-bond acceptors (Lipinski definition) is 4. The second-order valence-corrected chi connectivity index (χ2v) is 13.4. The molecule has 0 spiro atoms. The van der Waals surface area contributed by atoms with Crippen molar-refractivity contribution in [1.29, 1.82) is 5.26 Å². The molecule has 6 atom stereocenters. The summed E-state index contributed by atoms with van der Waals surface area (Å²) in [5.41, 5.74) is 2.83. The lowest BCUT2D eigenvalue weighted by Gasteiger charge is -2.53. The van der Waals surface area contributed by atoms with Crippen molar-refractivity contribution in [3.8, 4) is 11.8 Å². The molecular weight excluding hydrogens is 527 g/mol. The van der Waals surface area contributed by atoms with Gasteiger partial charge in [0.05, 0.1) is 17.7 Å². The van der Waals surface area contributed by atoms with Crippen LogP contribution >= 0.6 is 0 Å². The highest BCUT2D eigenvalue weighted by atomic mass is 19.1. The van der Waals surface area contributed by atoms with E-state index >= 15 is 4.39 Å². The maximum atomic E-state index is 15.3. The van der Waals surface area contributed by atoms with E-state index in [0.29, 0.717) is 35.4 Å². The number of carbonyl (C=O) groups excluding carboxylic acids is 1. The van der Waals surface area contributed by atoms with Gasteiger partial charge in [-0.2, -0.15) is 5.26 Å². The molecule has 42 heavy (non-hydrogen) atoms. The fourth-order valence-electron chi connectivity index (χ4n) is 8.74. The van der Waals surface area contributed by atoms with Crippen LogP contribution in [0.5, 0.6) is 5.75 Å². The third kappa shape index (κ3) is 6.09. The van der Waals surface area contributed by atoms with Crippen LogP contribution in [0, 0.1) is 40.3 Å². The minimum absolute atomic E-state index is 0.000385. The third-order valence-electron chi connectivity index (χ3n) is 11.0. The Labute approximate surface area is 250 Å². The highest BCUT2D eigenvalue weighted by molar-refractivity contribution is 5.94. The van der Waals surface area contributed by atoms with E-state index in [1.807, 2.05) is 4.90 Å². The quantitative estimate of drug-likeness (QED) is 0.269. The first-order valence-corrected chi connectivity index (χ1v) is 16.3. The topological polar surface area (TPSA) is 84.6 Å². The highest BCUT2D eigenvalue weighted by Gasteiger charge is 2.57.